The van der Waals surface area contributed by atoms with Crippen LogP contribution in [0.25, 0.3) is 0 Å². The Morgan fingerprint density at radius 1 is 1.35 bits per heavy atom. The first-order valence-electron chi connectivity index (χ1n) is 6.75. The molecule has 0 bridgehead atoms. The highest BCUT2D eigenvalue weighted by Gasteiger charge is 2.38. The molecule has 2 unspecified atom stereocenters. The van der Waals surface area contributed by atoms with Crippen LogP contribution in [0.1, 0.15) is 46.0 Å². The Morgan fingerprint density at radius 2 is 2.06 bits per heavy atom. The molecule has 1 aliphatic heterocycles. The lowest BCUT2D eigenvalue weighted by molar-refractivity contribution is -0.138. The van der Waals surface area contributed by atoms with Gasteiger partial charge in [0.05, 0.1) is 12.5 Å². The number of carbonyl (C=O) groups is 2. The van der Waals surface area contributed by atoms with E-state index in [4.69, 9.17) is 0 Å². The molecule has 0 aromatic carbocycles. The zero-order valence-corrected chi connectivity index (χ0v) is 10.7. The first-order chi connectivity index (χ1) is 8.15. The maximum absolute atomic E-state index is 11.9. The summed E-state index contributed by atoms with van der Waals surface area (Å²) in [4.78, 5) is 24.9. The van der Waals surface area contributed by atoms with Crippen LogP contribution in [0.15, 0.2) is 0 Å². The van der Waals surface area contributed by atoms with Gasteiger partial charge in [-0.15, -0.1) is 0 Å². The molecule has 1 saturated carbocycles. The summed E-state index contributed by atoms with van der Waals surface area (Å²) in [6.45, 7) is 4.48. The number of likely N-dealkylation sites (N-methyl/N-ethyl adjacent to an activating group) is 1. The summed E-state index contributed by atoms with van der Waals surface area (Å²) < 4.78 is 0. The van der Waals surface area contributed by atoms with Crippen molar-refractivity contribution in [3.05, 3.63) is 0 Å². The maximum Gasteiger partial charge on any atom is 0.246 e. The fourth-order valence-corrected chi connectivity index (χ4v) is 2.54. The summed E-state index contributed by atoms with van der Waals surface area (Å²) in [6, 6.07) is 0.118. The minimum Gasteiger partial charge on any atom is -0.303 e. The maximum atomic E-state index is 11.9. The minimum atomic E-state index is -0.272. The molecule has 0 aromatic heterocycles. The van der Waals surface area contributed by atoms with Crippen molar-refractivity contribution < 1.29 is 9.59 Å². The normalized spacial score (nSPS) is 26.7. The van der Waals surface area contributed by atoms with E-state index >= 15 is 0 Å². The molecule has 0 spiro atoms. The molecule has 2 atom stereocenters. The summed E-state index contributed by atoms with van der Waals surface area (Å²) in [7, 11) is 0. The predicted octanol–water partition coefficient (Wildman–Crippen LogP) is 1.30. The van der Waals surface area contributed by atoms with Crippen molar-refractivity contribution in [2.75, 3.05) is 6.54 Å². The third kappa shape index (κ3) is 2.86. The van der Waals surface area contributed by atoms with Gasteiger partial charge in [0, 0.05) is 12.6 Å². The van der Waals surface area contributed by atoms with Gasteiger partial charge in [0.25, 0.3) is 0 Å². The number of hydrogen-bond acceptors (Lipinski definition) is 3. The Balaban J connectivity index is 1.89. The van der Waals surface area contributed by atoms with Crippen LogP contribution in [-0.2, 0) is 9.59 Å². The van der Waals surface area contributed by atoms with E-state index in [1.807, 2.05) is 6.92 Å². The van der Waals surface area contributed by atoms with Gasteiger partial charge in [-0.3, -0.25) is 14.5 Å². The van der Waals surface area contributed by atoms with E-state index in [-0.39, 0.29) is 17.9 Å². The van der Waals surface area contributed by atoms with Crippen LogP contribution in [0.3, 0.4) is 0 Å². The molecule has 96 valence electrons. The first kappa shape index (κ1) is 12.6. The van der Waals surface area contributed by atoms with Crippen molar-refractivity contribution in [1.82, 2.24) is 10.2 Å². The van der Waals surface area contributed by atoms with Crippen LogP contribution in [0, 0.1) is 5.92 Å². The van der Waals surface area contributed by atoms with Crippen molar-refractivity contribution in [1.29, 1.82) is 0 Å². The molecule has 1 aliphatic carbocycles. The van der Waals surface area contributed by atoms with E-state index in [1.165, 1.54) is 17.7 Å². The molecule has 0 radical (unpaired) electrons. The second-order valence-corrected chi connectivity index (χ2v) is 5.18. The Labute approximate surface area is 103 Å². The van der Waals surface area contributed by atoms with Crippen molar-refractivity contribution >= 4 is 11.8 Å². The standard InChI is InChI=1S/C13H22N2O2/c1-3-10(7-9-5-6-9)14-11-8-12(16)15(4-2)13(11)17/h9-11,14H,3-8H2,1-2H3. The van der Waals surface area contributed by atoms with Crippen LogP contribution in [-0.4, -0.2) is 35.3 Å². The number of hydrogen-bond donors (Lipinski definition) is 1. The van der Waals surface area contributed by atoms with E-state index in [0.29, 0.717) is 19.0 Å². The van der Waals surface area contributed by atoms with Crippen LogP contribution in [0.2, 0.25) is 0 Å². The molecular formula is C13H22N2O2. The van der Waals surface area contributed by atoms with Gasteiger partial charge in [0.15, 0.2) is 0 Å². The summed E-state index contributed by atoms with van der Waals surface area (Å²) in [5.41, 5.74) is 0. The number of nitrogens with one attached hydrogen (secondary N) is 1. The average molecular weight is 238 g/mol. The SMILES string of the molecule is CCC(CC1CC1)NC1CC(=O)N(CC)C1=O. The highest BCUT2D eigenvalue weighted by molar-refractivity contribution is 6.05. The lowest BCUT2D eigenvalue weighted by Crippen LogP contribution is -2.43. The fourth-order valence-electron chi connectivity index (χ4n) is 2.54. The van der Waals surface area contributed by atoms with Gasteiger partial charge in [0.2, 0.25) is 11.8 Å². The van der Waals surface area contributed by atoms with Gasteiger partial charge in [-0.05, 0) is 25.7 Å². The molecule has 17 heavy (non-hydrogen) atoms. The molecule has 1 saturated heterocycles. The van der Waals surface area contributed by atoms with Gasteiger partial charge in [-0.2, -0.15) is 0 Å². The lowest BCUT2D eigenvalue weighted by atomic mass is 10.1. The number of nitrogens with zero attached hydrogens (tertiary/aromatic N) is 1. The van der Waals surface area contributed by atoms with E-state index in [1.54, 1.807) is 0 Å². The van der Waals surface area contributed by atoms with Gasteiger partial charge in [-0.1, -0.05) is 19.8 Å². The second kappa shape index (κ2) is 5.17. The Hall–Kier alpha value is -0.900. The molecule has 4 heteroatoms. The Morgan fingerprint density at radius 3 is 2.53 bits per heavy atom. The predicted molar refractivity (Wildman–Crippen MR) is 65.4 cm³/mol. The topological polar surface area (TPSA) is 49.4 Å². The fraction of sp³-hybridized carbons (Fsp3) is 0.846. The Bertz CT molecular complexity index is 313. The minimum absolute atomic E-state index is 0.0312. The number of likely N-dealkylation sites (tertiary alicyclic amines) is 1. The van der Waals surface area contributed by atoms with E-state index in [0.717, 1.165) is 18.8 Å². The van der Waals surface area contributed by atoms with E-state index in [2.05, 4.69) is 12.2 Å². The zero-order chi connectivity index (χ0) is 12.4. The van der Waals surface area contributed by atoms with Gasteiger partial charge >= 0.3 is 0 Å². The average Bonchev–Trinajstić information content (AvgIpc) is 3.07. The molecular weight excluding hydrogens is 216 g/mol. The quantitative estimate of drug-likeness (QED) is 0.710. The van der Waals surface area contributed by atoms with Crippen molar-refractivity contribution in [3.8, 4) is 0 Å². The Kier molecular flexibility index (Phi) is 3.82. The van der Waals surface area contributed by atoms with E-state index in [9.17, 15) is 9.59 Å². The highest BCUT2D eigenvalue weighted by Crippen LogP contribution is 2.34. The third-order valence-electron chi connectivity index (χ3n) is 3.80. The van der Waals surface area contributed by atoms with Gasteiger partial charge in [-0.25, -0.2) is 0 Å². The molecule has 2 amide bonds. The van der Waals surface area contributed by atoms with Gasteiger partial charge in [0.1, 0.15) is 0 Å². The van der Waals surface area contributed by atoms with Gasteiger partial charge < -0.3 is 5.32 Å². The highest BCUT2D eigenvalue weighted by atomic mass is 16.2. The van der Waals surface area contributed by atoms with Crippen molar-refractivity contribution in [2.24, 2.45) is 5.92 Å². The molecule has 2 aliphatic rings. The van der Waals surface area contributed by atoms with Crippen LogP contribution in [0.4, 0.5) is 0 Å². The summed E-state index contributed by atoms with van der Waals surface area (Å²) in [5.74, 6) is 0.782. The number of amides is 2. The zero-order valence-electron chi connectivity index (χ0n) is 10.7. The van der Waals surface area contributed by atoms with Crippen LogP contribution >= 0.6 is 0 Å². The number of rotatable bonds is 6. The van der Waals surface area contributed by atoms with Crippen molar-refractivity contribution in [3.63, 3.8) is 0 Å². The molecule has 4 nitrogen and oxygen atoms in total. The second-order valence-electron chi connectivity index (χ2n) is 5.18. The molecule has 2 rings (SSSR count). The number of carbonyl (C=O) groups excluding carboxylic acids is 2. The van der Waals surface area contributed by atoms with Crippen LogP contribution < -0.4 is 5.32 Å². The third-order valence-corrected chi connectivity index (χ3v) is 3.80. The van der Waals surface area contributed by atoms with Crippen molar-refractivity contribution in [2.45, 2.75) is 58.0 Å². The largest absolute Gasteiger partial charge is 0.303 e. The monoisotopic (exact) mass is 238 g/mol. The summed E-state index contributed by atoms with van der Waals surface area (Å²) in [5, 5.41) is 3.37. The molecule has 1 heterocycles. The van der Waals surface area contributed by atoms with E-state index < -0.39 is 0 Å². The number of imide groups is 1. The summed E-state index contributed by atoms with van der Waals surface area (Å²) >= 11 is 0. The first-order valence-corrected chi connectivity index (χ1v) is 6.75. The molecule has 2 fully saturated rings. The molecule has 1 N–H and O–H groups in total. The smallest absolute Gasteiger partial charge is 0.246 e. The van der Waals surface area contributed by atoms with Crippen LogP contribution in [0.5, 0.6) is 0 Å². The summed E-state index contributed by atoms with van der Waals surface area (Å²) in [6.07, 6.45) is 5.18. The molecule has 0 aromatic rings. The lowest BCUT2D eigenvalue weighted by Gasteiger charge is -2.20.